The number of nitrogens with zero attached hydrogens (tertiary/aromatic N) is 2. The lowest BCUT2D eigenvalue weighted by atomic mass is 10.2. The Morgan fingerprint density at radius 1 is 1.21 bits per heavy atom. The minimum atomic E-state index is -0.390. The van der Waals surface area contributed by atoms with E-state index in [2.05, 4.69) is 10.3 Å². The summed E-state index contributed by atoms with van der Waals surface area (Å²) in [4.78, 5) is 31.8. The highest BCUT2D eigenvalue weighted by Gasteiger charge is 2.11. The fourth-order valence-corrected chi connectivity index (χ4v) is 4.53. The molecule has 4 aromatic rings. The summed E-state index contributed by atoms with van der Waals surface area (Å²) >= 11 is 2.95. The van der Waals surface area contributed by atoms with Gasteiger partial charge < -0.3 is 5.32 Å². The number of nitrogens with one attached hydrogen (secondary N) is 1. The molecule has 0 aliphatic carbocycles. The van der Waals surface area contributed by atoms with Crippen molar-refractivity contribution in [2.24, 2.45) is 0 Å². The molecule has 4 rings (SSSR count). The fraction of sp³-hybridized carbons (Fsp3) is 0.0952. The number of aryl methyl sites for hydroxylation is 1. The number of hydrogen-bond donors (Lipinski definition) is 1. The Kier molecular flexibility index (Phi) is 5.46. The molecular weight excluding hydrogens is 409 g/mol. The molecule has 1 N–H and O–H groups in total. The summed E-state index contributed by atoms with van der Waals surface area (Å²) in [6.45, 7) is 1.94. The zero-order valence-electron chi connectivity index (χ0n) is 15.4. The van der Waals surface area contributed by atoms with E-state index in [0.29, 0.717) is 27.7 Å². The maximum Gasteiger partial charge on any atom is 0.258 e. The number of carbonyl (C=O) groups excluding carboxylic acids is 1. The highest BCUT2D eigenvalue weighted by Crippen LogP contribution is 2.30. The highest BCUT2D eigenvalue weighted by atomic mass is 32.2. The van der Waals surface area contributed by atoms with Crippen LogP contribution < -0.4 is 10.9 Å². The number of aromatic nitrogens is 2. The molecule has 0 radical (unpaired) electrons. The Labute approximate surface area is 174 Å². The van der Waals surface area contributed by atoms with Gasteiger partial charge in [0, 0.05) is 33.4 Å². The van der Waals surface area contributed by atoms with Crippen LogP contribution in [0.4, 0.5) is 10.1 Å². The van der Waals surface area contributed by atoms with E-state index in [4.69, 9.17) is 0 Å². The molecule has 0 fully saturated rings. The van der Waals surface area contributed by atoms with Gasteiger partial charge in [-0.25, -0.2) is 9.37 Å². The molecule has 0 saturated heterocycles. The van der Waals surface area contributed by atoms with Crippen molar-refractivity contribution in [3.8, 4) is 0 Å². The molecule has 0 saturated carbocycles. The van der Waals surface area contributed by atoms with E-state index in [-0.39, 0.29) is 17.3 Å². The van der Waals surface area contributed by atoms with Crippen LogP contribution in [0.15, 0.2) is 70.5 Å². The normalized spacial score (nSPS) is 11.0. The minimum Gasteiger partial charge on any atom is -0.321 e. The first-order valence-electron chi connectivity index (χ1n) is 8.77. The number of fused-ring (bicyclic) bond motifs is 1. The Morgan fingerprint density at radius 2 is 1.97 bits per heavy atom. The van der Waals surface area contributed by atoms with Gasteiger partial charge in [-0.15, -0.1) is 23.1 Å². The van der Waals surface area contributed by atoms with Gasteiger partial charge in [0.25, 0.3) is 11.5 Å². The second-order valence-electron chi connectivity index (χ2n) is 6.33. The largest absolute Gasteiger partial charge is 0.321 e. The van der Waals surface area contributed by atoms with Crippen LogP contribution in [-0.4, -0.2) is 15.3 Å². The first-order chi connectivity index (χ1) is 14.0. The molecule has 0 atom stereocenters. The lowest BCUT2D eigenvalue weighted by Crippen LogP contribution is -2.13. The van der Waals surface area contributed by atoms with E-state index in [1.165, 1.54) is 53.4 Å². The maximum atomic E-state index is 13.1. The molecule has 2 aromatic heterocycles. The summed E-state index contributed by atoms with van der Waals surface area (Å²) in [5.41, 5.74) is 1.60. The number of para-hydroxylation sites is 1. The molecule has 146 valence electrons. The van der Waals surface area contributed by atoms with Crippen molar-refractivity contribution < 1.29 is 9.18 Å². The van der Waals surface area contributed by atoms with Gasteiger partial charge in [0.05, 0.1) is 11.4 Å². The molecule has 0 unspecified atom stereocenters. The number of rotatable bonds is 5. The molecule has 8 heteroatoms. The number of halogens is 1. The SMILES string of the molecule is Cc1cn2c(=O)cc(CSc3ccccc3NC(=O)c3ccc(F)cc3)nc2s1. The van der Waals surface area contributed by atoms with Crippen LogP contribution in [0.25, 0.3) is 4.96 Å². The van der Waals surface area contributed by atoms with Gasteiger partial charge in [0.15, 0.2) is 4.96 Å². The van der Waals surface area contributed by atoms with Gasteiger partial charge in [0.2, 0.25) is 0 Å². The first-order valence-corrected chi connectivity index (χ1v) is 10.6. The van der Waals surface area contributed by atoms with Crippen LogP contribution in [0.5, 0.6) is 0 Å². The molecule has 1 amide bonds. The Balaban J connectivity index is 1.52. The van der Waals surface area contributed by atoms with Gasteiger partial charge in [0.1, 0.15) is 5.82 Å². The van der Waals surface area contributed by atoms with Gasteiger partial charge in [-0.3, -0.25) is 14.0 Å². The van der Waals surface area contributed by atoms with Gasteiger partial charge in [-0.1, -0.05) is 12.1 Å². The zero-order valence-corrected chi connectivity index (χ0v) is 17.0. The number of amides is 1. The minimum absolute atomic E-state index is 0.104. The number of benzene rings is 2. The number of thioether (sulfide) groups is 1. The summed E-state index contributed by atoms with van der Waals surface area (Å²) in [6, 6.07) is 14.3. The summed E-state index contributed by atoms with van der Waals surface area (Å²) in [5, 5.41) is 2.86. The molecule has 0 aliphatic rings. The quantitative estimate of drug-likeness (QED) is 0.469. The topological polar surface area (TPSA) is 63.5 Å². The van der Waals surface area contributed by atoms with Crippen LogP contribution in [0.2, 0.25) is 0 Å². The van der Waals surface area contributed by atoms with E-state index in [1.807, 2.05) is 25.1 Å². The predicted molar refractivity (Wildman–Crippen MR) is 114 cm³/mol. The standard InChI is InChI=1S/C21H16FN3O2S2/c1-13-11-25-19(26)10-16(23-21(25)29-13)12-28-18-5-3-2-4-17(18)24-20(27)14-6-8-15(22)9-7-14/h2-11H,12H2,1H3,(H,24,27). The van der Waals surface area contributed by atoms with Crippen LogP contribution in [0.1, 0.15) is 20.9 Å². The van der Waals surface area contributed by atoms with Crippen molar-refractivity contribution in [1.29, 1.82) is 0 Å². The van der Waals surface area contributed by atoms with Crippen LogP contribution in [0, 0.1) is 12.7 Å². The first kappa shape index (κ1) is 19.4. The third-order valence-electron chi connectivity index (χ3n) is 4.15. The lowest BCUT2D eigenvalue weighted by molar-refractivity contribution is 0.102. The van der Waals surface area contributed by atoms with Crippen molar-refractivity contribution in [2.75, 3.05) is 5.32 Å². The van der Waals surface area contributed by atoms with E-state index in [0.717, 1.165) is 9.77 Å². The Morgan fingerprint density at radius 3 is 2.76 bits per heavy atom. The molecule has 0 bridgehead atoms. The third kappa shape index (κ3) is 4.38. The molecule has 29 heavy (non-hydrogen) atoms. The molecule has 2 aromatic carbocycles. The average molecular weight is 426 g/mol. The fourth-order valence-electron chi connectivity index (χ4n) is 2.78. The number of carbonyl (C=O) groups is 1. The van der Waals surface area contributed by atoms with Crippen molar-refractivity contribution in [3.05, 3.63) is 93.1 Å². The summed E-state index contributed by atoms with van der Waals surface area (Å²) in [6.07, 6.45) is 1.78. The third-order valence-corrected chi connectivity index (χ3v) is 6.16. The van der Waals surface area contributed by atoms with Gasteiger partial charge in [-0.2, -0.15) is 0 Å². The Hall–Kier alpha value is -2.97. The molecular formula is C21H16FN3O2S2. The van der Waals surface area contributed by atoms with E-state index < -0.39 is 0 Å². The van der Waals surface area contributed by atoms with Crippen molar-refractivity contribution in [1.82, 2.24) is 9.38 Å². The predicted octanol–water partition coefficient (Wildman–Crippen LogP) is 4.75. The van der Waals surface area contributed by atoms with E-state index in [9.17, 15) is 14.0 Å². The smallest absolute Gasteiger partial charge is 0.258 e. The molecule has 0 spiro atoms. The number of anilines is 1. The second-order valence-corrected chi connectivity index (χ2v) is 8.56. The van der Waals surface area contributed by atoms with Crippen molar-refractivity contribution >= 4 is 39.7 Å². The lowest BCUT2D eigenvalue weighted by Gasteiger charge is -2.11. The van der Waals surface area contributed by atoms with Crippen molar-refractivity contribution in [2.45, 2.75) is 17.6 Å². The molecule has 5 nitrogen and oxygen atoms in total. The van der Waals surface area contributed by atoms with Crippen molar-refractivity contribution in [3.63, 3.8) is 0 Å². The van der Waals surface area contributed by atoms with Crippen LogP contribution in [-0.2, 0) is 5.75 Å². The number of thiazole rings is 1. The Bertz CT molecular complexity index is 1250. The van der Waals surface area contributed by atoms with E-state index >= 15 is 0 Å². The molecule has 0 aliphatic heterocycles. The number of hydrogen-bond acceptors (Lipinski definition) is 5. The monoisotopic (exact) mass is 425 g/mol. The average Bonchev–Trinajstić information content (AvgIpc) is 3.08. The summed E-state index contributed by atoms with van der Waals surface area (Å²) < 4.78 is 14.6. The highest BCUT2D eigenvalue weighted by molar-refractivity contribution is 7.98. The van der Waals surface area contributed by atoms with Crippen LogP contribution in [0.3, 0.4) is 0 Å². The van der Waals surface area contributed by atoms with E-state index in [1.54, 1.807) is 16.7 Å². The molecule has 2 heterocycles. The maximum absolute atomic E-state index is 13.1. The summed E-state index contributed by atoms with van der Waals surface area (Å²) in [5.74, 6) is -0.213. The zero-order chi connectivity index (χ0) is 20.4. The van der Waals surface area contributed by atoms with Crippen LogP contribution >= 0.6 is 23.1 Å². The van der Waals surface area contributed by atoms with Gasteiger partial charge >= 0.3 is 0 Å². The second kappa shape index (κ2) is 8.18. The summed E-state index contributed by atoms with van der Waals surface area (Å²) in [7, 11) is 0. The van der Waals surface area contributed by atoms with Gasteiger partial charge in [-0.05, 0) is 43.3 Å².